The lowest BCUT2D eigenvalue weighted by molar-refractivity contribution is -0.115. The van der Waals surface area contributed by atoms with Gasteiger partial charge in [-0.25, -0.2) is 0 Å². The quantitative estimate of drug-likeness (QED) is 0.801. The monoisotopic (exact) mass is 223 g/mol. The van der Waals surface area contributed by atoms with Crippen molar-refractivity contribution in [2.45, 2.75) is 26.9 Å². The molecular weight excluding hydrogens is 206 g/mol. The first-order valence-electron chi connectivity index (χ1n) is 5.37. The highest BCUT2D eigenvalue weighted by Gasteiger charge is 2.05. The molecule has 88 valence electrons. The van der Waals surface area contributed by atoms with Gasteiger partial charge in [-0.15, -0.1) is 0 Å². The fourth-order valence-corrected chi connectivity index (χ4v) is 1.33. The third kappa shape index (κ3) is 3.24. The third-order valence-corrected chi connectivity index (χ3v) is 2.14. The summed E-state index contributed by atoms with van der Waals surface area (Å²) >= 11 is 0. The highest BCUT2D eigenvalue weighted by Crippen LogP contribution is 2.23. The number of benzene rings is 1. The highest BCUT2D eigenvalue weighted by atomic mass is 16.5. The Balaban J connectivity index is 2.86. The summed E-state index contributed by atoms with van der Waals surface area (Å²) in [6, 6.07) is 5.23. The van der Waals surface area contributed by atoms with Gasteiger partial charge in [0.1, 0.15) is 5.75 Å². The first-order valence-corrected chi connectivity index (χ1v) is 5.37. The van der Waals surface area contributed by atoms with E-state index < -0.39 is 0 Å². The minimum atomic E-state index is -0.106. The number of carbonyl (C=O) groups is 1. The lowest BCUT2D eigenvalue weighted by Gasteiger charge is -2.10. The van der Waals surface area contributed by atoms with Crippen molar-refractivity contribution in [2.75, 3.05) is 11.9 Å². The Morgan fingerprint density at radius 1 is 1.44 bits per heavy atom. The average Bonchev–Trinajstić information content (AvgIpc) is 2.31. The van der Waals surface area contributed by atoms with E-state index in [0.717, 1.165) is 0 Å². The SMILES string of the molecule is CCOc1ccc(NC(=O)CC)cc1CO. The molecule has 0 fully saturated rings. The van der Waals surface area contributed by atoms with Crippen LogP contribution in [0.15, 0.2) is 18.2 Å². The number of nitrogens with one attached hydrogen (secondary N) is 1. The Kier molecular flexibility index (Phi) is 4.79. The molecule has 0 spiro atoms. The van der Waals surface area contributed by atoms with Crippen LogP contribution in [0, 0.1) is 0 Å². The zero-order chi connectivity index (χ0) is 12.0. The van der Waals surface area contributed by atoms with Gasteiger partial charge in [-0.1, -0.05) is 6.92 Å². The molecule has 0 bridgehead atoms. The van der Waals surface area contributed by atoms with E-state index >= 15 is 0 Å². The molecule has 0 aliphatic heterocycles. The van der Waals surface area contributed by atoms with Crippen LogP contribution in [0.1, 0.15) is 25.8 Å². The van der Waals surface area contributed by atoms with E-state index in [1.54, 1.807) is 25.1 Å². The molecule has 1 amide bonds. The van der Waals surface area contributed by atoms with E-state index in [1.807, 2.05) is 6.92 Å². The van der Waals surface area contributed by atoms with Gasteiger partial charge in [0, 0.05) is 17.7 Å². The van der Waals surface area contributed by atoms with Gasteiger partial charge in [0.05, 0.1) is 13.2 Å². The molecule has 2 N–H and O–H groups in total. The van der Waals surface area contributed by atoms with Crippen LogP contribution in [-0.4, -0.2) is 17.6 Å². The predicted molar refractivity (Wildman–Crippen MR) is 62.5 cm³/mol. The van der Waals surface area contributed by atoms with E-state index in [1.165, 1.54) is 0 Å². The zero-order valence-corrected chi connectivity index (χ0v) is 9.62. The van der Waals surface area contributed by atoms with Gasteiger partial charge in [0.15, 0.2) is 0 Å². The summed E-state index contributed by atoms with van der Waals surface area (Å²) in [5, 5.41) is 11.9. The number of hydrogen-bond donors (Lipinski definition) is 2. The zero-order valence-electron chi connectivity index (χ0n) is 9.62. The molecule has 0 aliphatic carbocycles. The van der Waals surface area contributed by atoms with Crippen molar-refractivity contribution in [3.63, 3.8) is 0 Å². The molecular formula is C12H17NO3. The minimum Gasteiger partial charge on any atom is -0.494 e. The van der Waals surface area contributed by atoms with E-state index in [0.29, 0.717) is 30.0 Å². The van der Waals surface area contributed by atoms with E-state index in [9.17, 15) is 4.79 Å². The Morgan fingerprint density at radius 3 is 2.75 bits per heavy atom. The van der Waals surface area contributed by atoms with Crippen molar-refractivity contribution >= 4 is 11.6 Å². The van der Waals surface area contributed by atoms with Crippen LogP contribution in [0.3, 0.4) is 0 Å². The van der Waals surface area contributed by atoms with E-state index in [-0.39, 0.29) is 12.5 Å². The number of aliphatic hydroxyl groups excluding tert-OH is 1. The van der Waals surface area contributed by atoms with Crippen LogP contribution in [0.25, 0.3) is 0 Å². The van der Waals surface area contributed by atoms with Crippen LogP contribution >= 0.6 is 0 Å². The van der Waals surface area contributed by atoms with Crippen molar-refractivity contribution in [3.8, 4) is 5.75 Å². The minimum absolute atomic E-state index is 0.0481. The number of ether oxygens (including phenoxy) is 1. The second kappa shape index (κ2) is 6.12. The summed E-state index contributed by atoms with van der Waals surface area (Å²) in [6.07, 6.45) is 0.432. The van der Waals surface area contributed by atoms with Crippen molar-refractivity contribution in [1.82, 2.24) is 0 Å². The summed E-state index contributed by atoms with van der Waals surface area (Å²) < 4.78 is 5.34. The van der Waals surface area contributed by atoms with Gasteiger partial charge in [-0.05, 0) is 25.1 Å². The fraction of sp³-hybridized carbons (Fsp3) is 0.417. The lowest BCUT2D eigenvalue weighted by atomic mass is 10.2. The number of aliphatic hydroxyl groups is 1. The van der Waals surface area contributed by atoms with Crippen molar-refractivity contribution in [1.29, 1.82) is 0 Å². The summed E-state index contributed by atoms with van der Waals surface area (Å²) in [5.74, 6) is 0.604. The molecule has 1 rings (SSSR count). The largest absolute Gasteiger partial charge is 0.494 e. The van der Waals surface area contributed by atoms with Gasteiger partial charge >= 0.3 is 0 Å². The van der Waals surface area contributed by atoms with Crippen LogP contribution in [0.5, 0.6) is 5.75 Å². The molecule has 0 saturated heterocycles. The van der Waals surface area contributed by atoms with Gasteiger partial charge in [-0.2, -0.15) is 0 Å². The molecule has 0 saturated carbocycles. The molecule has 0 heterocycles. The first kappa shape index (κ1) is 12.5. The summed E-state index contributed by atoms with van der Waals surface area (Å²) in [5.41, 5.74) is 1.36. The maximum atomic E-state index is 11.2. The smallest absolute Gasteiger partial charge is 0.224 e. The first-order chi connectivity index (χ1) is 7.71. The van der Waals surface area contributed by atoms with Crippen molar-refractivity contribution < 1.29 is 14.6 Å². The Bertz CT molecular complexity index is 363. The summed E-state index contributed by atoms with van der Waals surface area (Å²) in [7, 11) is 0. The molecule has 1 aromatic carbocycles. The molecule has 4 nitrogen and oxygen atoms in total. The third-order valence-electron chi connectivity index (χ3n) is 2.14. The maximum Gasteiger partial charge on any atom is 0.224 e. The normalized spacial score (nSPS) is 9.94. The Hall–Kier alpha value is -1.55. The van der Waals surface area contributed by atoms with Crippen LogP contribution in [0.4, 0.5) is 5.69 Å². The molecule has 16 heavy (non-hydrogen) atoms. The number of carbonyl (C=O) groups excluding carboxylic acids is 1. The lowest BCUT2D eigenvalue weighted by Crippen LogP contribution is -2.10. The molecule has 4 heteroatoms. The molecule has 0 unspecified atom stereocenters. The molecule has 0 atom stereocenters. The summed E-state index contributed by atoms with van der Waals surface area (Å²) in [6.45, 7) is 4.11. The predicted octanol–water partition coefficient (Wildman–Crippen LogP) is 1.93. The van der Waals surface area contributed by atoms with Crippen LogP contribution < -0.4 is 10.1 Å². The number of amides is 1. The second-order valence-corrected chi connectivity index (χ2v) is 3.32. The molecule has 1 aromatic rings. The number of rotatable bonds is 5. The van der Waals surface area contributed by atoms with E-state index in [4.69, 9.17) is 9.84 Å². The Morgan fingerprint density at radius 2 is 2.19 bits per heavy atom. The van der Waals surface area contributed by atoms with Gasteiger partial charge < -0.3 is 15.2 Å². The maximum absolute atomic E-state index is 11.2. The Labute approximate surface area is 95.2 Å². The standard InChI is InChI=1S/C12H17NO3/c1-3-12(15)13-10-5-6-11(16-4-2)9(7-10)8-14/h5-7,14H,3-4,8H2,1-2H3,(H,13,15). The molecule has 0 radical (unpaired) electrons. The van der Waals surface area contributed by atoms with Gasteiger partial charge in [0.25, 0.3) is 0 Å². The summed E-state index contributed by atoms with van der Waals surface area (Å²) in [4.78, 5) is 11.2. The van der Waals surface area contributed by atoms with Gasteiger partial charge in [-0.3, -0.25) is 4.79 Å². The average molecular weight is 223 g/mol. The molecule has 0 aliphatic rings. The fourth-order valence-electron chi connectivity index (χ4n) is 1.33. The van der Waals surface area contributed by atoms with Crippen molar-refractivity contribution in [3.05, 3.63) is 23.8 Å². The highest BCUT2D eigenvalue weighted by molar-refractivity contribution is 5.90. The topological polar surface area (TPSA) is 58.6 Å². The second-order valence-electron chi connectivity index (χ2n) is 3.32. The van der Waals surface area contributed by atoms with Crippen LogP contribution in [0.2, 0.25) is 0 Å². The van der Waals surface area contributed by atoms with Crippen LogP contribution in [-0.2, 0) is 11.4 Å². The molecule has 0 aromatic heterocycles. The van der Waals surface area contributed by atoms with E-state index in [2.05, 4.69) is 5.32 Å². The van der Waals surface area contributed by atoms with Gasteiger partial charge in [0.2, 0.25) is 5.91 Å². The number of hydrogen-bond acceptors (Lipinski definition) is 3. The van der Waals surface area contributed by atoms with Crippen molar-refractivity contribution in [2.24, 2.45) is 0 Å². The number of anilines is 1.